The summed E-state index contributed by atoms with van der Waals surface area (Å²) in [6.07, 6.45) is 0. The van der Waals surface area contributed by atoms with Gasteiger partial charge in [-0.15, -0.1) is 0 Å². The molecule has 3 rings (SSSR count). The zero-order valence-corrected chi connectivity index (χ0v) is 15.3. The Bertz CT molecular complexity index is 746. The first-order valence-corrected chi connectivity index (χ1v) is 8.72. The Morgan fingerprint density at radius 1 is 1.38 bits per heavy atom. The maximum Gasteiger partial charge on any atom is 0.319 e. The van der Waals surface area contributed by atoms with Crippen LogP contribution in [0.5, 0.6) is 0 Å². The molecule has 2 amide bonds. The van der Waals surface area contributed by atoms with Crippen molar-refractivity contribution in [3.8, 4) is 0 Å². The predicted octanol–water partition coefficient (Wildman–Crippen LogP) is 2.37. The largest absolute Gasteiger partial charge is 0.378 e. The van der Waals surface area contributed by atoms with Crippen molar-refractivity contribution in [1.29, 1.82) is 0 Å². The highest BCUT2D eigenvalue weighted by molar-refractivity contribution is 6.33. The number of morpholine rings is 1. The van der Waals surface area contributed by atoms with Gasteiger partial charge in [-0.1, -0.05) is 11.6 Å². The Labute approximate surface area is 156 Å². The molecule has 2 aromatic rings. The standard InChI is InChI=1S/C17H22ClN5O3/c1-25-11-13-8-12(21-22-13)10-19-17(24)20-16-9-14(2-3-15(16)18)23-4-6-26-7-5-23/h2-3,8-9H,4-7,10-11H2,1H3,(H,21,22)(H2,19,20,24). The molecule has 1 aromatic carbocycles. The van der Waals surface area contributed by atoms with Crippen LogP contribution in [0.3, 0.4) is 0 Å². The number of rotatable bonds is 6. The fourth-order valence-corrected chi connectivity index (χ4v) is 2.86. The third-order valence-electron chi connectivity index (χ3n) is 3.99. The molecule has 140 valence electrons. The summed E-state index contributed by atoms with van der Waals surface area (Å²) in [5.74, 6) is 0. The van der Waals surface area contributed by atoms with Crippen molar-refractivity contribution in [2.45, 2.75) is 13.2 Å². The summed E-state index contributed by atoms with van der Waals surface area (Å²) in [7, 11) is 1.61. The Kier molecular flexibility index (Phi) is 6.32. The predicted molar refractivity (Wildman–Crippen MR) is 99.6 cm³/mol. The summed E-state index contributed by atoms with van der Waals surface area (Å²) in [4.78, 5) is 14.4. The van der Waals surface area contributed by atoms with Crippen molar-refractivity contribution < 1.29 is 14.3 Å². The van der Waals surface area contributed by atoms with Gasteiger partial charge in [0.25, 0.3) is 0 Å². The maximum absolute atomic E-state index is 12.2. The lowest BCUT2D eigenvalue weighted by atomic mass is 10.2. The van der Waals surface area contributed by atoms with Gasteiger partial charge in [-0.25, -0.2) is 4.79 Å². The third-order valence-corrected chi connectivity index (χ3v) is 4.32. The van der Waals surface area contributed by atoms with Crippen molar-refractivity contribution in [3.05, 3.63) is 40.7 Å². The van der Waals surface area contributed by atoms with Crippen LogP contribution in [0.15, 0.2) is 24.3 Å². The van der Waals surface area contributed by atoms with Crippen molar-refractivity contribution in [2.75, 3.05) is 43.6 Å². The van der Waals surface area contributed by atoms with Gasteiger partial charge >= 0.3 is 6.03 Å². The highest BCUT2D eigenvalue weighted by Gasteiger charge is 2.14. The second kappa shape index (κ2) is 8.88. The van der Waals surface area contributed by atoms with Crippen molar-refractivity contribution in [3.63, 3.8) is 0 Å². The molecule has 0 spiro atoms. The second-order valence-electron chi connectivity index (χ2n) is 5.89. The molecule has 26 heavy (non-hydrogen) atoms. The van der Waals surface area contributed by atoms with Crippen LogP contribution in [0.2, 0.25) is 5.02 Å². The van der Waals surface area contributed by atoms with E-state index in [2.05, 4.69) is 25.7 Å². The maximum atomic E-state index is 12.2. The van der Waals surface area contributed by atoms with Gasteiger partial charge in [-0.3, -0.25) is 5.10 Å². The lowest BCUT2D eigenvalue weighted by molar-refractivity contribution is 0.122. The lowest BCUT2D eigenvalue weighted by Crippen LogP contribution is -2.36. The molecule has 1 aromatic heterocycles. The zero-order chi connectivity index (χ0) is 18.4. The molecule has 1 aliphatic rings. The van der Waals surface area contributed by atoms with E-state index in [1.165, 1.54) is 0 Å². The summed E-state index contributed by atoms with van der Waals surface area (Å²) in [6, 6.07) is 7.11. The fourth-order valence-electron chi connectivity index (χ4n) is 2.69. The number of hydrogen-bond acceptors (Lipinski definition) is 5. The minimum absolute atomic E-state index is 0.323. The number of nitrogens with one attached hydrogen (secondary N) is 3. The van der Waals surface area contributed by atoms with E-state index < -0.39 is 0 Å². The molecule has 0 bridgehead atoms. The van der Waals surface area contributed by atoms with E-state index in [0.29, 0.717) is 37.1 Å². The van der Waals surface area contributed by atoms with E-state index in [1.807, 2.05) is 18.2 Å². The number of hydrogen-bond donors (Lipinski definition) is 3. The molecule has 8 nitrogen and oxygen atoms in total. The fraction of sp³-hybridized carbons (Fsp3) is 0.412. The molecule has 0 atom stereocenters. The topological polar surface area (TPSA) is 91.5 Å². The van der Waals surface area contributed by atoms with Crippen molar-refractivity contribution >= 4 is 29.0 Å². The Hall–Kier alpha value is -2.29. The number of methoxy groups -OCH3 is 1. The number of aromatic amines is 1. The number of halogens is 1. The van der Waals surface area contributed by atoms with Crippen molar-refractivity contribution in [1.82, 2.24) is 15.5 Å². The zero-order valence-electron chi connectivity index (χ0n) is 14.5. The number of anilines is 2. The van der Waals surface area contributed by atoms with Crippen LogP contribution in [-0.4, -0.2) is 49.6 Å². The average molecular weight is 380 g/mol. The van der Waals surface area contributed by atoms with Gasteiger partial charge in [0.15, 0.2) is 0 Å². The molecular formula is C17H22ClN5O3. The van der Waals surface area contributed by atoms with E-state index in [9.17, 15) is 4.79 Å². The summed E-state index contributed by atoms with van der Waals surface area (Å²) in [5, 5.41) is 13.0. The van der Waals surface area contributed by atoms with E-state index in [0.717, 1.165) is 30.2 Å². The first-order chi connectivity index (χ1) is 12.7. The molecule has 2 heterocycles. The molecule has 1 aliphatic heterocycles. The minimum atomic E-state index is -0.339. The summed E-state index contributed by atoms with van der Waals surface area (Å²) in [5.41, 5.74) is 3.15. The van der Waals surface area contributed by atoms with Crippen LogP contribution < -0.4 is 15.5 Å². The van der Waals surface area contributed by atoms with E-state index >= 15 is 0 Å². The van der Waals surface area contributed by atoms with E-state index in [1.54, 1.807) is 13.2 Å². The summed E-state index contributed by atoms with van der Waals surface area (Å²) >= 11 is 6.22. The van der Waals surface area contributed by atoms with Crippen LogP contribution in [0.4, 0.5) is 16.2 Å². The minimum Gasteiger partial charge on any atom is -0.378 e. The monoisotopic (exact) mass is 379 g/mol. The Morgan fingerprint density at radius 3 is 2.96 bits per heavy atom. The highest BCUT2D eigenvalue weighted by atomic mass is 35.5. The molecule has 0 aliphatic carbocycles. The summed E-state index contributed by atoms with van der Waals surface area (Å²) in [6.45, 7) is 3.77. The highest BCUT2D eigenvalue weighted by Crippen LogP contribution is 2.28. The van der Waals surface area contributed by atoms with Gasteiger partial charge in [-0.05, 0) is 24.3 Å². The Morgan fingerprint density at radius 2 is 2.19 bits per heavy atom. The normalized spacial score (nSPS) is 14.3. The van der Waals surface area contributed by atoms with E-state index in [-0.39, 0.29) is 6.03 Å². The number of urea groups is 1. The Balaban J connectivity index is 1.57. The van der Waals surface area contributed by atoms with Crippen LogP contribution in [0.1, 0.15) is 11.4 Å². The quantitative estimate of drug-likeness (QED) is 0.716. The third kappa shape index (κ3) is 4.87. The number of H-pyrrole nitrogens is 1. The number of carbonyl (C=O) groups excluding carboxylic acids is 1. The number of carbonyl (C=O) groups is 1. The van der Waals surface area contributed by atoms with Gasteiger partial charge in [-0.2, -0.15) is 5.10 Å². The van der Waals surface area contributed by atoms with Crippen LogP contribution in [-0.2, 0) is 22.6 Å². The molecule has 0 saturated carbocycles. The smallest absolute Gasteiger partial charge is 0.319 e. The molecule has 1 saturated heterocycles. The first kappa shape index (κ1) is 18.5. The van der Waals surface area contributed by atoms with Gasteiger partial charge < -0.3 is 25.0 Å². The average Bonchev–Trinajstić information content (AvgIpc) is 3.10. The molecule has 9 heteroatoms. The van der Waals surface area contributed by atoms with Crippen LogP contribution in [0, 0.1) is 0 Å². The van der Waals surface area contributed by atoms with E-state index in [4.69, 9.17) is 21.1 Å². The van der Waals surface area contributed by atoms with Gasteiger partial charge in [0, 0.05) is 25.9 Å². The van der Waals surface area contributed by atoms with Gasteiger partial charge in [0.05, 0.1) is 48.5 Å². The molecule has 1 fully saturated rings. The SMILES string of the molecule is COCc1cc(CNC(=O)Nc2cc(N3CCOCC3)ccc2Cl)[nH]n1. The van der Waals surface area contributed by atoms with Gasteiger partial charge in [0.2, 0.25) is 0 Å². The first-order valence-electron chi connectivity index (χ1n) is 8.35. The van der Waals surface area contributed by atoms with Crippen LogP contribution >= 0.6 is 11.6 Å². The number of aromatic nitrogens is 2. The molecule has 3 N–H and O–H groups in total. The number of amides is 2. The molecule has 0 radical (unpaired) electrons. The number of ether oxygens (including phenoxy) is 2. The number of nitrogens with zero attached hydrogens (tertiary/aromatic N) is 2. The second-order valence-corrected chi connectivity index (χ2v) is 6.30. The number of benzene rings is 1. The van der Waals surface area contributed by atoms with Gasteiger partial charge in [0.1, 0.15) is 0 Å². The molecule has 0 unspecified atom stereocenters. The lowest BCUT2D eigenvalue weighted by Gasteiger charge is -2.29. The van der Waals surface area contributed by atoms with Crippen molar-refractivity contribution in [2.24, 2.45) is 0 Å². The summed E-state index contributed by atoms with van der Waals surface area (Å²) < 4.78 is 10.4. The molecular weight excluding hydrogens is 358 g/mol. The van der Waals surface area contributed by atoms with Crippen LogP contribution in [0.25, 0.3) is 0 Å².